The Hall–Kier alpha value is -2.86. The Morgan fingerprint density at radius 1 is 1.18 bits per heavy atom. The number of rotatable bonds is 5. The molecular formula is C22H27N3O3. The lowest BCUT2D eigenvalue weighted by Gasteiger charge is -2.35. The third-order valence-electron chi connectivity index (χ3n) is 5.25. The van der Waals surface area contributed by atoms with Crippen molar-refractivity contribution in [3.05, 3.63) is 59.7 Å². The van der Waals surface area contributed by atoms with Crippen LogP contribution in [0.5, 0.6) is 5.75 Å². The molecule has 1 heterocycles. The van der Waals surface area contributed by atoms with E-state index in [1.54, 1.807) is 49.6 Å². The fraction of sp³-hybridized carbons (Fsp3) is 0.364. The Morgan fingerprint density at radius 3 is 2.57 bits per heavy atom. The van der Waals surface area contributed by atoms with E-state index >= 15 is 0 Å². The standard InChI is InChI=1S/C22H27N3O3/c1-15(23)17-6-5-13-25(14-17)22(27)19-7-3-4-8-20(19)24-21(26)16-9-11-18(28-2)12-10-16/h3-4,7-12,15,17H,5-6,13-14,23H2,1-2H3,(H,24,26). The molecule has 3 rings (SSSR count). The van der Waals surface area contributed by atoms with Crippen LogP contribution < -0.4 is 15.8 Å². The molecule has 2 aromatic carbocycles. The second-order valence-corrected chi connectivity index (χ2v) is 7.24. The summed E-state index contributed by atoms with van der Waals surface area (Å²) in [7, 11) is 1.58. The molecule has 28 heavy (non-hydrogen) atoms. The van der Waals surface area contributed by atoms with E-state index in [2.05, 4.69) is 5.32 Å². The van der Waals surface area contributed by atoms with Gasteiger partial charge >= 0.3 is 0 Å². The van der Waals surface area contributed by atoms with Crippen LogP contribution in [0.25, 0.3) is 0 Å². The van der Waals surface area contributed by atoms with Crippen LogP contribution in [0.3, 0.4) is 0 Å². The summed E-state index contributed by atoms with van der Waals surface area (Å²) < 4.78 is 5.12. The number of likely N-dealkylation sites (tertiary alicyclic amines) is 1. The van der Waals surface area contributed by atoms with Crippen LogP contribution >= 0.6 is 0 Å². The molecule has 2 amide bonds. The van der Waals surface area contributed by atoms with E-state index in [-0.39, 0.29) is 17.9 Å². The number of methoxy groups -OCH3 is 1. The van der Waals surface area contributed by atoms with Crippen molar-refractivity contribution in [3.63, 3.8) is 0 Å². The molecule has 1 saturated heterocycles. The van der Waals surface area contributed by atoms with Gasteiger partial charge in [-0.3, -0.25) is 9.59 Å². The van der Waals surface area contributed by atoms with E-state index in [1.807, 2.05) is 17.9 Å². The maximum absolute atomic E-state index is 13.1. The second-order valence-electron chi connectivity index (χ2n) is 7.24. The summed E-state index contributed by atoms with van der Waals surface area (Å²) in [4.78, 5) is 27.6. The molecule has 6 nitrogen and oxygen atoms in total. The van der Waals surface area contributed by atoms with Crippen LogP contribution in [-0.2, 0) is 0 Å². The van der Waals surface area contributed by atoms with Gasteiger partial charge < -0.3 is 20.7 Å². The van der Waals surface area contributed by atoms with Gasteiger partial charge in [0.1, 0.15) is 5.75 Å². The average molecular weight is 381 g/mol. The van der Waals surface area contributed by atoms with Gasteiger partial charge in [-0.2, -0.15) is 0 Å². The molecule has 0 spiro atoms. The summed E-state index contributed by atoms with van der Waals surface area (Å²) in [6.45, 7) is 3.35. The fourth-order valence-electron chi connectivity index (χ4n) is 3.51. The van der Waals surface area contributed by atoms with Crippen molar-refractivity contribution < 1.29 is 14.3 Å². The first kappa shape index (κ1) is 19.9. The van der Waals surface area contributed by atoms with Crippen molar-refractivity contribution in [2.45, 2.75) is 25.8 Å². The van der Waals surface area contributed by atoms with Gasteiger partial charge in [0.25, 0.3) is 11.8 Å². The zero-order valence-corrected chi connectivity index (χ0v) is 16.4. The third kappa shape index (κ3) is 4.51. The molecule has 148 valence electrons. The zero-order valence-electron chi connectivity index (χ0n) is 16.4. The lowest BCUT2D eigenvalue weighted by molar-refractivity contribution is 0.0662. The number of benzene rings is 2. The van der Waals surface area contributed by atoms with Crippen LogP contribution in [-0.4, -0.2) is 43.0 Å². The maximum Gasteiger partial charge on any atom is 0.255 e. The molecule has 1 aliphatic rings. The van der Waals surface area contributed by atoms with Crippen molar-refractivity contribution in [1.82, 2.24) is 4.90 Å². The van der Waals surface area contributed by atoms with Gasteiger partial charge in [0, 0.05) is 24.7 Å². The van der Waals surface area contributed by atoms with Gasteiger partial charge in [0.05, 0.1) is 18.4 Å². The number of nitrogens with zero attached hydrogens (tertiary/aromatic N) is 1. The van der Waals surface area contributed by atoms with E-state index in [1.165, 1.54) is 0 Å². The first-order valence-electron chi connectivity index (χ1n) is 9.59. The Bertz CT molecular complexity index is 833. The van der Waals surface area contributed by atoms with E-state index in [0.717, 1.165) is 12.8 Å². The summed E-state index contributed by atoms with van der Waals surface area (Å²) in [5.41, 5.74) is 7.55. The summed E-state index contributed by atoms with van der Waals surface area (Å²) in [5.74, 6) is 0.644. The Balaban J connectivity index is 1.76. The number of para-hydroxylation sites is 1. The number of carbonyl (C=O) groups excluding carboxylic acids is 2. The van der Waals surface area contributed by atoms with E-state index < -0.39 is 0 Å². The number of nitrogens with one attached hydrogen (secondary N) is 1. The second kappa shape index (κ2) is 8.89. The van der Waals surface area contributed by atoms with Gasteiger partial charge in [0.2, 0.25) is 0 Å². The number of ether oxygens (including phenoxy) is 1. The predicted octanol–water partition coefficient (Wildman–Crippen LogP) is 3.15. The molecule has 0 bridgehead atoms. The quantitative estimate of drug-likeness (QED) is 0.833. The van der Waals surface area contributed by atoms with Gasteiger partial charge in [-0.25, -0.2) is 0 Å². The number of amides is 2. The molecule has 1 fully saturated rings. The Kier molecular flexibility index (Phi) is 6.31. The molecular weight excluding hydrogens is 354 g/mol. The summed E-state index contributed by atoms with van der Waals surface area (Å²) >= 11 is 0. The van der Waals surface area contributed by atoms with Crippen LogP contribution in [0.4, 0.5) is 5.69 Å². The summed E-state index contributed by atoms with van der Waals surface area (Å²) in [6, 6.07) is 14.0. The number of hydrogen-bond acceptors (Lipinski definition) is 4. The van der Waals surface area contributed by atoms with Crippen molar-refractivity contribution >= 4 is 17.5 Å². The van der Waals surface area contributed by atoms with Crippen molar-refractivity contribution in [1.29, 1.82) is 0 Å². The number of carbonyl (C=O) groups is 2. The van der Waals surface area contributed by atoms with E-state index in [4.69, 9.17) is 10.5 Å². The molecule has 0 radical (unpaired) electrons. The van der Waals surface area contributed by atoms with Crippen molar-refractivity contribution in [3.8, 4) is 5.75 Å². The number of anilines is 1. The monoisotopic (exact) mass is 381 g/mol. The van der Waals surface area contributed by atoms with E-state index in [0.29, 0.717) is 41.6 Å². The molecule has 2 unspecified atom stereocenters. The minimum absolute atomic E-state index is 0.0561. The molecule has 2 atom stereocenters. The largest absolute Gasteiger partial charge is 0.497 e. The highest BCUT2D eigenvalue weighted by atomic mass is 16.5. The van der Waals surface area contributed by atoms with Crippen LogP contribution in [0.15, 0.2) is 48.5 Å². The van der Waals surface area contributed by atoms with Crippen molar-refractivity contribution in [2.24, 2.45) is 11.7 Å². The van der Waals surface area contributed by atoms with Crippen molar-refractivity contribution in [2.75, 3.05) is 25.5 Å². The smallest absolute Gasteiger partial charge is 0.255 e. The molecule has 3 N–H and O–H groups in total. The summed E-state index contributed by atoms with van der Waals surface area (Å²) in [6.07, 6.45) is 1.98. The molecule has 0 aromatic heterocycles. The highest BCUT2D eigenvalue weighted by Crippen LogP contribution is 2.24. The predicted molar refractivity (Wildman–Crippen MR) is 110 cm³/mol. The van der Waals surface area contributed by atoms with Crippen LogP contribution in [0.1, 0.15) is 40.5 Å². The molecule has 0 aliphatic carbocycles. The van der Waals surface area contributed by atoms with Crippen LogP contribution in [0.2, 0.25) is 0 Å². The van der Waals surface area contributed by atoms with Gasteiger partial charge in [-0.15, -0.1) is 0 Å². The topological polar surface area (TPSA) is 84.7 Å². The minimum atomic E-state index is -0.269. The summed E-state index contributed by atoms with van der Waals surface area (Å²) in [5, 5.41) is 2.87. The number of hydrogen-bond donors (Lipinski definition) is 2. The molecule has 6 heteroatoms. The molecule has 2 aromatic rings. The zero-order chi connectivity index (χ0) is 20.1. The molecule has 1 aliphatic heterocycles. The highest BCUT2D eigenvalue weighted by molar-refractivity contribution is 6.09. The first-order valence-corrected chi connectivity index (χ1v) is 9.59. The van der Waals surface area contributed by atoms with Gasteiger partial charge in [-0.05, 0) is 62.1 Å². The average Bonchev–Trinajstić information content (AvgIpc) is 2.73. The van der Waals surface area contributed by atoms with Crippen LogP contribution in [0, 0.1) is 5.92 Å². The molecule has 0 saturated carbocycles. The number of piperidine rings is 1. The Morgan fingerprint density at radius 2 is 1.89 bits per heavy atom. The SMILES string of the molecule is COc1ccc(C(=O)Nc2ccccc2C(=O)N2CCCC(C(C)N)C2)cc1. The minimum Gasteiger partial charge on any atom is -0.497 e. The lowest BCUT2D eigenvalue weighted by Crippen LogP contribution is -2.45. The normalized spacial score (nSPS) is 17.7. The van der Waals surface area contributed by atoms with Gasteiger partial charge in [-0.1, -0.05) is 12.1 Å². The maximum atomic E-state index is 13.1. The first-order chi connectivity index (χ1) is 13.5. The third-order valence-corrected chi connectivity index (χ3v) is 5.25. The highest BCUT2D eigenvalue weighted by Gasteiger charge is 2.27. The van der Waals surface area contributed by atoms with E-state index in [9.17, 15) is 9.59 Å². The number of nitrogens with two attached hydrogens (primary N) is 1. The fourth-order valence-corrected chi connectivity index (χ4v) is 3.51. The Labute approximate surface area is 165 Å². The lowest BCUT2D eigenvalue weighted by atomic mass is 9.91. The van der Waals surface area contributed by atoms with Gasteiger partial charge in [0.15, 0.2) is 0 Å².